The zero-order chi connectivity index (χ0) is 14.8. The van der Waals surface area contributed by atoms with E-state index in [0.29, 0.717) is 23.2 Å². The first-order valence-corrected chi connectivity index (χ1v) is 8.80. The van der Waals surface area contributed by atoms with Gasteiger partial charge in [-0.25, -0.2) is 0 Å². The Morgan fingerprint density at radius 1 is 1.15 bits per heavy atom. The van der Waals surface area contributed by atoms with Crippen LogP contribution < -0.4 is 0 Å². The molecule has 2 fully saturated rings. The summed E-state index contributed by atoms with van der Waals surface area (Å²) >= 11 is 5.81. The molecule has 1 unspecified atom stereocenters. The highest BCUT2D eigenvalue weighted by Crippen LogP contribution is 2.40. The molecule has 0 N–H and O–H groups in total. The van der Waals surface area contributed by atoms with Crippen LogP contribution in [0.2, 0.25) is 0 Å². The van der Waals surface area contributed by atoms with Crippen molar-refractivity contribution in [3.05, 3.63) is 0 Å². The quantitative estimate of drug-likeness (QED) is 0.711. The molecule has 1 aliphatic carbocycles. The Hall–Kier alpha value is -0.240. The van der Waals surface area contributed by atoms with Gasteiger partial charge in [-0.05, 0) is 55.8 Å². The Labute approximate surface area is 129 Å². The lowest BCUT2D eigenvalue weighted by molar-refractivity contribution is -0.136. The molecule has 1 saturated carbocycles. The summed E-state index contributed by atoms with van der Waals surface area (Å²) in [5.74, 6) is 2.87. The number of rotatable bonds is 3. The fraction of sp³-hybridized carbons (Fsp3) is 0.941. The minimum Gasteiger partial charge on any atom is -0.342 e. The summed E-state index contributed by atoms with van der Waals surface area (Å²) in [6.07, 6.45) is 6.84. The van der Waals surface area contributed by atoms with Crippen molar-refractivity contribution in [3.8, 4) is 0 Å². The Kier molecular flexibility index (Phi) is 5.39. The summed E-state index contributed by atoms with van der Waals surface area (Å²) in [5, 5.41) is 0. The van der Waals surface area contributed by atoms with E-state index in [1.54, 1.807) is 0 Å². The van der Waals surface area contributed by atoms with Gasteiger partial charge >= 0.3 is 0 Å². The van der Waals surface area contributed by atoms with Crippen LogP contribution in [0.25, 0.3) is 0 Å². The number of carbonyl (C=O) groups is 1. The van der Waals surface area contributed by atoms with E-state index in [1.807, 2.05) is 0 Å². The van der Waals surface area contributed by atoms with Gasteiger partial charge in [-0.15, -0.1) is 11.6 Å². The molecule has 20 heavy (non-hydrogen) atoms. The van der Waals surface area contributed by atoms with E-state index >= 15 is 0 Å². The van der Waals surface area contributed by atoms with Crippen LogP contribution in [0.3, 0.4) is 0 Å². The van der Waals surface area contributed by atoms with Gasteiger partial charge in [0.15, 0.2) is 0 Å². The van der Waals surface area contributed by atoms with Gasteiger partial charge in [-0.3, -0.25) is 4.79 Å². The highest BCUT2D eigenvalue weighted by molar-refractivity contribution is 6.17. The molecule has 3 heteroatoms. The summed E-state index contributed by atoms with van der Waals surface area (Å²) in [6, 6.07) is 0. The molecule has 0 aromatic rings. The standard InChI is InChI=1S/C17H30ClNO/c1-17(2,3)15-6-4-14(5-7-15)16(20)19-11-9-13(12-19)8-10-18/h13-15H,4-12H2,1-3H3. The fourth-order valence-electron chi connectivity index (χ4n) is 3.89. The second-order valence-corrected chi connectivity index (χ2v) is 8.21. The maximum Gasteiger partial charge on any atom is 0.225 e. The monoisotopic (exact) mass is 299 g/mol. The summed E-state index contributed by atoms with van der Waals surface area (Å²) in [4.78, 5) is 14.7. The molecule has 2 aliphatic rings. The van der Waals surface area contributed by atoms with E-state index < -0.39 is 0 Å². The number of likely N-dealkylation sites (tertiary alicyclic amines) is 1. The van der Waals surface area contributed by atoms with Crippen molar-refractivity contribution in [2.45, 2.75) is 59.3 Å². The number of halogens is 1. The molecule has 2 nitrogen and oxygen atoms in total. The van der Waals surface area contributed by atoms with E-state index in [2.05, 4.69) is 25.7 Å². The molecule has 2 rings (SSSR count). The van der Waals surface area contributed by atoms with Crippen molar-refractivity contribution in [2.75, 3.05) is 19.0 Å². The molecule has 0 aromatic carbocycles. The van der Waals surface area contributed by atoms with Crippen molar-refractivity contribution in [1.82, 2.24) is 4.90 Å². The van der Waals surface area contributed by atoms with Crippen LogP contribution in [-0.4, -0.2) is 29.8 Å². The molecule has 0 bridgehead atoms. The first kappa shape index (κ1) is 16.1. The van der Waals surface area contributed by atoms with Crippen LogP contribution in [0, 0.1) is 23.2 Å². The van der Waals surface area contributed by atoms with E-state index in [0.717, 1.165) is 50.6 Å². The Morgan fingerprint density at radius 2 is 1.80 bits per heavy atom. The number of hydrogen-bond donors (Lipinski definition) is 0. The van der Waals surface area contributed by atoms with Crippen molar-refractivity contribution >= 4 is 17.5 Å². The van der Waals surface area contributed by atoms with E-state index in [1.165, 1.54) is 12.8 Å². The maximum absolute atomic E-state index is 12.6. The van der Waals surface area contributed by atoms with Crippen LogP contribution in [-0.2, 0) is 4.79 Å². The molecule has 0 spiro atoms. The van der Waals surface area contributed by atoms with Gasteiger partial charge in [0.05, 0.1) is 0 Å². The predicted octanol–water partition coefficient (Wildman–Crippen LogP) is 4.32. The van der Waals surface area contributed by atoms with Crippen molar-refractivity contribution in [1.29, 1.82) is 0 Å². The summed E-state index contributed by atoms with van der Waals surface area (Å²) in [6.45, 7) is 8.90. The number of hydrogen-bond acceptors (Lipinski definition) is 1. The molecular formula is C17H30ClNO. The topological polar surface area (TPSA) is 20.3 Å². The molecule has 0 aromatic heterocycles. The van der Waals surface area contributed by atoms with Gasteiger partial charge < -0.3 is 4.90 Å². The summed E-state index contributed by atoms with van der Waals surface area (Å²) in [5.41, 5.74) is 0.396. The van der Waals surface area contributed by atoms with E-state index in [-0.39, 0.29) is 0 Å². The van der Waals surface area contributed by atoms with Crippen LogP contribution in [0.1, 0.15) is 59.3 Å². The highest BCUT2D eigenvalue weighted by Gasteiger charge is 2.35. The molecule has 1 aliphatic heterocycles. The molecule has 1 saturated heterocycles. The van der Waals surface area contributed by atoms with Gasteiger partial charge in [0, 0.05) is 24.9 Å². The van der Waals surface area contributed by atoms with Crippen LogP contribution in [0.5, 0.6) is 0 Å². The second-order valence-electron chi connectivity index (χ2n) is 7.83. The third-order valence-electron chi connectivity index (χ3n) is 5.42. The first-order chi connectivity index (χ1) is 9.41. The van der Waals surface area contributed by atoms with E-state index in [9.17, 15) is 4.79 Å². The van der Waals surface area contributed by atoms with Crippen LogP contribution in [0.4, 0.5) is 0 Å². The third-order valence-corrected chi connectivity index (χ3v) is 5.63. The highest BCUT2D eigenvalue weighted by atomic mass is 35.5. The minimum absolute atomic E-state index is 0.295. The SMILES string of the molecule is CC(C)(C)C1CCC(C(=O)N2CCC(CCCl)C2)CC1. The van der Waals surface area contributed by atoms with Crippen molar-refractivity contribution in [3.63, 3.8) is 0 Å². The lowest BCUT2D eigenvalue weighted by Gasteiger charge is -2.37. The van der Waals surface area contributed by atoms with Gasteiger partial charge in [-0.2, -0.15) is 0 Å². The zero-order valence-electron chi connectivity index (χ0n) is 13.3. The minimum atomic E-state index is 0.295. The first-order valence-electron chi connectivity index (χ1n) is 8.26. The predicted molar refractivity (Wildman–Crippen MR) is 84.9 cm³/mol. The average Bonchev–Trinajstić information content (AvgIpc) is 2.86. The average molecular weight is 300 g/mol. The Balaban J connectivity index is 1.81. The number of carbonyl (C=O) groups excluding carboxylic acids is 1. The molecule has 1 heterocycles. The second kappa shape index (κ2) is 6.68. The van der Waals surface area contributed by atoms with Crippen molar-refractivity contribution < 1.29 is 4.79 Å². The Bertz CT molecular complexity index is 328. The summed E-state index contributed by atoms with van der Waals surface area (Å²) < 4.78 is 0. The van der Waals surface area contributed by atoms with Crippen molar-refractivity contribution in [2.24, 2.45) is 23.2 Å². The maximum atomic E-state index is 12.6. The smallest absolute Gasteiger partial charge is 0.225 e. The molecular weight excluding hydrogens is 270 g/mol. The number of amides is 1. The van der Waals surface area contributed by atoms with Gasteiger partial charge in [0.1, 0.15) is 0 Å². The largest absolute Gasteiger partial charge is 0.342 e. The van der Waals surface area contributed by atoms with Gasteiger partial charge in [0.25, 0.3) is 0 Å². The van der Waals surface area contributed by atoms with Gasteiger partial charge in [0.2, 0.25) is 5.91 Å². The third kappa shape index (κ3) is 3.90. The number of nitrogens with zero attached hydrogens (tertiary/aromatic N) is 1. The van der Waals surface area contributed by atoms with Gasteiger partial charge in [-0.1, -0.05) is 20.8 Å². The lowest BCUT2D eigenvalue weighted by atomic mass is 9.69. The zero-order valence-corrected chi connectivity index (χ0v) is 14.1. The molecule has 0 radical (unpaired) electrons. The molecule has 1 atom stereocenters. The number of alkyl halides is 1. The lowest BCUT2D eigenvalue weighted by Crippen LogP contribution is -2.37. The molecule has 1 amide bonds. The fourth-order valence-corrected chi connectivity index (χ4v) is 4.20. The molecule has 116 valence electrons. The van der Waals surface area contributed by atoms with Crippen LogP contribution in [0.15, 0.2) is 0 Å². The normalized spacial score (nSPS) is 31.6. The Morgan fingerprint density at radius 3 is 2.35 bits per heavy atom. The van der Waals surface area contributed by atoms with E-state index in [4.69, 9.17) is 11.6 Å². The summed E-state index contributed by atoms with van der Waals surface area (Å²) in [7, 11) is 0. The van der Waals surface area contributed by atoms with Crippen LogP contribution >= 0.6 is 11.6 Å².